The molecule has 0 bridgehead atoms. The summed E-state index contributed by atoms with van der Waals surface area (Å²) in [5.41, 5.74) is 8.87. The maximum absolute atomic E-state index is 12.8. The van der Waals surface area contributed by atoms with E-state index in [2.05, 4.69) is 4.98 Å². The summed E-state index contributed by atoms with van der Waals surface area (Å²) in [6.07, 6.45) is 0. The number of ether oxygens (including phenoxy) is 1. The number of fused-ring (bicyclic) bond motifs is 1. The van der Waals surface area contributed by atoms with Crippen molar-refractivity contribution >= 4 is 16.7 Å². The van der Waals surface area contributed by atoms with Crippen molar-refractivity contribution in [3.63, 3.8) is 0 Å². The molecule has 2 aromatic rings. The number of aromatic amines is 1. The number of nitrogens with zero attached hydrogens (tertiary/aromatic N) is 1. The fourth-order valence-corrected chi connectivity index (χ4v) is 3.56. The quantitative estimate of drug-likeness (QED) is 0.866. The number of Topliss-reactive ketones (excluding diaryl/α,β-unsaturated/α-hetero) is 1. The van der Waals surface area contributed by atoms with Crippen molar-refractivity contribution in [2.24, 2.45) is 5.73 Å². The first kappa shape index (κ1) is 17.5. The lowest BCUT2D eigenvalue weighted by Crippen LogP contribution is -2.27. The van der Waals surface area contributed by atoms with Crippen LogP contribution in [0.4, 0.5) is 0 Å². The molecule has 1 aliphatic heterocycles. The highest BCUT2D eigenvalue weighted by Gasteiger charge is 2.35. The van der Waals surface area contributed by atoms with Crippen molar-refractivity contribution in [3.05, 3.63) is 68.0 Å². The van der Waals surface area contributed by atoms with Gasteiger partial charge in [0.2, 0.25) is 5.88 Å². The summed E-state index contributed by atoms with van der Waals surface area (Å²) in [5.74, 6) is -0.897. The van der Waals surface area contributed by atoms with Crippen LogP contribution in [0.5, 0.6) is 0 Å². The number of aryl methyl sites for hydroxylation is 2. The Labute approximate surface area is 150 Å². The average Bonchev–Trinajstić information content (AvgIpc) is 2.54. The summed E-state index contributed by atoms with van der Waals surface area (Å²) in [6.45, 7) is 6.88. The predicted molar refractivity (Wildman–Crippen MR) is 98.1 cm³/mol. The lowest BCUT2D eigenvalue weighted by Gasteiger charge is -2.26. The second-order valence-electron chi connectivity index (χ2n) is 6.55. The molecule has 0 saturated carbocycles. The van der Waals surface area contributed by atoms with Crippen molar-refractivity contribution in [3.8, 4) is 6.07 Å². The number of nitrogens with two attached hydrogens (primary N) is 1. The number of aromatic nitrogens is 1. The van der Waals surface area contributed by atoms with E-state index in [0.29, 0.717) is 11.3 Å². The number of hydrogen-bond donors (Lipinski definition) is 2. The third kappa shape index (κ3) is 2.68. The molecule has 1 aliphatic rings. The van der Waals surface area contributed by atoms with Gasteiger partial charge in [-0.15, -0.1) is 0 Å². The second-order valence-corrected chi connectivity index (χ2v) is 6.55. The van der Waals surface area contributed by atoms with E-state index in [1.807, 2.05) is 32.0 Å². The third-order valence-electron chi connectivity index (χ3n) is 4.62. The molecular weight excluding hydrogens is 330 g/mol. The Morgan fingerprint density at radius 1 is 1.27 bits per heavy atom. The zero-order valence-corrected chi connectivity index (χ0v) is 15.1. The molecule has 26 heavy (non-hydrogen) atoms. The SMILES string of the molecule is CC(=O)C1=C(C)OC(N)=C(C#N)[C@@H]1c1cc2cc(C)cc(C)c2[nH]c1=O. The normalized spacial score (nSPS) is 17.3. The molecule has 0 radical (unpaired) electrons. The van der Waals surface area contributed by atoms with Crippen molar-refractivity contribution in [1.82, 2.24) is 4.98 Å². The van der Waals surface area contributed by atoms with Crippen molar-refractivity contribution in [2.75, 3.05) is 0 Å². The second kappa shape index (κ2) is 6.19. The minimum atomic E-state index is -0.847. The molecule has 6 nitrogen and oxygen atoms in total. The molecule has 1 atom stereocenters. The summed E-state index contributed by atoms with van der Waals surface area (Å²) in [5, 5.41) is 10.4. The Morgan fingerprint density at radius 2 is 1.96 bits per heavy atom. The Kier molecular flexibility index (Phi) is 4.17. The van der Waals surface area contributed by atoms with E-state index in [1.54, 1.807) is 13.0 Å². The summed E-state index contributed by atoms with van der Waals surface area (Å²) in [6, 6.07) is 7.65. The van der Waals surface area contributed by atoms with Gasteiger partial charge in [-0.3, -0.25) is 9.59 Å². The number of nitriles is 1. The van der Waals surface area contributed by atoms with Crippen LogP contribution in [0.3, 0.4) is 0 Å². The first-order chi connectivity index (χ1) is 12.2. The van der Waals surface area contributed by atoms with Crippen LogP contribution in [0.15, 0.2) is 45.8 Å². The highest BCUT2D eigenvalue weighted by Crippen LogP contribution is 2.38. The van der Waals surface area contributed by atoms with Gasteiger partial charge in [0.15, 0.2) is 5.78 Å². The van der Waals surface area contributed by atoms with E-state index in [9.17, 15) is 14.9 Å². The monoisotopic (exact) mass is 349 g/mol. The van der Waals surface area contributed by atoms with Crippen LogP contribution in [0.2, 0.25) is 0 Å². The van der Waals surface area contributed by atoms with Gasteiger partial charge in [-0.2, -0.15) is 5.26 Å². The van der Waals surface area contributed by atoms with Crippen LogP contribution in [0.1, 0.15) is 36.5 Å². The van der Waals surface area contributed by atoms with Gasteiger partial charge in [0, 0.05) is 11.1 Å². The predicted octanol–water partition coefficient (Wildman–Crippen LogP) is 2.82. The van der Waals surface area contributed by atoms with E-state index in [-0.39, 0.29) is 28.4 Å². The Hall–Kier alpha value is -3.33. The molecule has 1 aromatic heterocycles. The zero-order valence-electron chi connectivity index (χ0n) is 15.1. The molecule has 3 N–H and O–H groups in total. The summed E-state index contributed by atoms with van der Waals surface area (Å²) in [4.78, 5) is 27.9. The van der Waals surface area contributed by atoms with Gasteiger partial charge in [0.25, 0.3) is 5.56 Å². The molecule has 0 unspecified atom stereocenters. The molecule has 3 rings (SSSR count). The van der Waals surface area contributed by atoms with Crippen LogP contribution in [0.25, 0.3) is 10.9 Å². The van der Waals surface area contributed by atoms with Crippen molar-refractivity contribution in [2.45, 2.75) is 33.6 Å². The first-order valence-corrected chi connectivity index (χ1v) is 8.18. The molecule has 0 saturated heterocycles. The number of nitrogens with one attached hydrogen (secondary N) is 1. The number of H-pyrrole nitrogens is 1. The Balaban J connectivity index is 2.37. The highest BCUT2D eigenvalue weighted by molar-refractivity contribution is 5.97. The van der Waals surface area contributed by atoms with E-state index in [4.69, 9.17) is 10.5 Å². The van der Waals surface area contributed by atoms with Crippen LogP contribution in [-0.4, -0.2) is 10.8 Å². The maximum atomic E-state index is 12.8. The van der Waals surface area contributed by atoms with E-state index >= 15 is 0 Å². The van der Waals surface area contributed by atoms with Gasteiger partial charge in [-0.05, 0) is 50.8 Å². The fourth-order valence-electron chi connectivity index (χ4n) is 3.56. The highest BCUT2D eigenvalue weighted by atomic mass is 16.5. The lowest BCUT2D eigenvalue weighted by molar-refractivity contribution is -0.114. The topological polar surface area (TPSA) is 109 Å². The van der Waals surface area contributed by atoms with E-state index < -0.39 is 5.92 Å². The van der Waals surface area contributed by atoms with E-state index in [1.165, 1.54) is 6.92 Å². The number of ketones is 1. The summed E-state index contributed by atoms with van der Waals surface area (Å²) in [7, 11) is 0. The fraction of sp³-hybridized carbons (Fsp3) is 0.250. The molecule has 0 aliphatic carbocycles. The lowest BCUT2D eigenvalue weighted by atomic mass is 9.81. The van der Waals surface area contributed by atoms with Crippen molar-refractivity contribution in [1.29, 1.82) is 5.26 Å². The Morgan fingerprint density at radius 3 is 2.58 bits per heavy atom. The van der Waals surface area contributed by atoms with Crippen LogP contribution < -0.4 is 11.3 Å². The zero-order chi connectivity index (χ0) is 19.2. The third-order valence-corrected chi connectivity index (χ3v) is 4.62. The van der Waals surface area contributed by atoms with Gasteiger partial charge in [-0.1, -0.05) is 11.6 Å². The molecule has 0 spiro atoms. The molecule has 6 heteroatoms. The minimum absolute atomic E-state index is 0.0648. The molecule has 0 amide bonds. The largest absolute Gasteiger partial charge is 0.445 e. The number of benzene rings is 1. The summed E-state index contributed by atoms with van der Waals surface area (Å²) >= 11 is 0. The van der Waals surface area contributed by atoms with Crippen LogP contribution in [0, 0.1) is 25.2 Å². The van der Waals surface area contributed by atoms with Crippen molar-refractivity contribution < 1.29 is 9.53 Å². The molecule has 0 fully saturated rings. The number of rotatable bonds is 2. The van der Waals surface area contributed by atoms with Gasteiger partial charge < -0.3 is 15.5 Å². The van der Waals surface area contributed by atoms with Gasteiger partial charge >= 0.3 is 0 Å². The molecule has 2 heterocycles. The van der Waals surface area contributed by atoms with Gasteiger partial charge in [0.1, 0.15) is 17.4 Å². The standard InChI is InChI=1S/C20H19N3O3/c1-9-5-10(2)18-13(6-9)7-14(20(25)23-18)17-15(8-21)19(22)26-12(4)16(17)11(3)24/h5-7,17H,22H2,1-4H3,(H,23,25)/t17-/m0/s1. The number of allylic oxidation sites excluding steroid dienone is 3. The van der Waals surface area contributed by atoms with E-state index in [0.717, 1.165) is 22.0 Å². The average molecular weight is 349 g/mol. The molecule has 132 valence electrons. The molecular formula is C20H19N3O3. The summed E-state index contributed by atoms with van der Waals surface area (Å²) < 4.78 is 5.36. The number of pyridine rings is 1. The minimum Gasteiger partial charge on any atom is -0.445 e. The number of carbonyl (C=O) groups is 1. The van der Waals surface area contributed by atoms with Gasteiger partial charge in [0.05, 0.1) is 11.4 Å². The number of carbonyl (C=O) groups excluding carboxylic acids is 1. The first-order valence-electron chi connectivity index (χ1n) is 8.18. The van der Waals surface area contributed by atoms with Crippen LogP contribution >= 0.6 is 0 Å². The number of hydrogen-bond acceptors (Lipinski definition) is 5. The molecule has 1 aromatic carbocycles. The van der Waals surface area contributed by atoms with Crippen LogP contribution in [-0.2, 0) is 9.53 Å². The smallest absolute Gasteiger partial charge is 0.252 e. The Bertz CT molecular complexity index is 1110. The van der Waals surface area contributed by atoms with Gasteiger partial charge in [-0.25, -0.2) is 0 Å². The maximum Gasteiger partial charge on any atom is 0.252 e.